The van der Waals surface area contributed by atoms with E-state index in [0.29, 0.717) is 22.9 Å². The Bertz CT molecular complexity index is 454. The van der Waals surface area contributed by atoms with Gasteiger partial charge in [-0.25, -0.2) is 0 Å². The summed E-state index contributed by atoms with van der Waals surface area (Å²) in [6.45, 7) is 0.442. The quantitative estimate of drug-likeness (QED) is 0.905. The van der Waals surface area contributed by atoms with Crippen molar-refractivity contribution in [3.05, 3.63) is 51.2 Å². The molecule has 2 aromatic rings. The van der Waals surface area contributed by atoms with Gasteiger partial charge in [0.15, 0.2) is 0 Å². The molecule has 2 rings (SSSR count). The molecule has 2 nitrogen and oxygen atoms in total. The highest BCUT2D eigenvalue weighted by Gasteiger charge is 2.04. The van der Waals surface area contributed by atoms with Crippen LogP contribution in [0.15, 0.2) is 35.0 Å². The van der Waals surface area contributed by atoms with Crippen molar-refractivity contribution in [2.45, 2.75) is 13.2 Å². The second kappa shape index (κ2) is 5.34. The average molecular weight is 255 g/mol. The van der Waals surface area contributed by atoms with Gasteiger partial charge in [0.05, 0.1) is 6.61 Å². The summed E-state index contributed by atoms with van der Waals surface area (Å²) in [5.74, 6) is 0.679. The first-order chi connectivity index (χ1) is 7.79. The zero-order valence-electron chi connectivity index (χ0n) is 8.52. The number of thiophene rings is 1. The fourth-order valence-corrected chi connectivity index (χ4v) is 2.20. The Balaban J connectivity index is 2.09. The van der Waals surface area contributed by atoms with Crippen LogP contribution >= 0.6 is 22.9 Å². The van der Waals surface area contributed by atoms with Gasteiger partial charge < -0.3 is 9.84 Å². The van der Waals surface area contributed by atoms with E-state index in [1.807, 2.05) is 16.8 Å². The minimum atomic E-state index is -0.0699. The maximum atomic E-state index is 9.16. The number of halogens is 1. The highest BCUT2D eigenvalue weighted by molar-refractivity contribution is 7.07. The molecule has 0 fully saturated rings. The van der Waals surface area contributed by atoms with E-state index in [2.05, 4.69) is 0 Å². The molecule has 4 heteroatoms. The lowest BCUT2D eigenvalue weighted by Crippen LogP contribution is -1.97. The molecule has 0 bridgehead atoms. The topological polar surface area (TPSA) is 29.5 Å². The number of hydrogen-bond acceptors (Lipinski definition) is 3. The van der Waals surface area contributed by atoms with Crippen molar-refractivity contribution in [3.63, 3.8) is 0 Å². The summed E-state index contributed by atoms with van der Waals surface area (Å²) >= 11 is 7.47. The van der Waals surface area contributed by atoms with E-state index >= 15 is 0 Å². The Morgan fingerprint density at radius 2 is 2.19 bits per heavy atom. The molecule has 1 N–H and O–H groups in total. The first kappa shape index (κ1) is 11.5. The largest absolute Gasteiger partial charge is 0.489 e. The van der Waals surface area contributed by atoms with Crippen LogP contribution in [0.5, 0.6) is 5.75 Å². The molecule has 0 radical (unpaired) electrons. The monoisotopic (exact) mass is 254 g/mol. The smallest absolute Gasteiger partial charge is 0.125 e. The van der Waals surface area contributed by atoms with Gasteiger partial charge in [-0.2, -0.15) is 11.3 Å². The average Bonchev–Trinajstić information content (AvgIpc) is 2.80. The Morgan fingerprint density at radius 3 is 2.88 bits per heavy atom. The van der Waals surface area contributed by atoms with Crippen LogP contribution in [0.25, 0.3) is 0 Å². The van der Waals surface area contributed by atoms with Gasteiger partial charge in [0.2, 0.25) is 0 Å². The molecule has 0 aliphatic heterocycles. The molecule has 0 saturated heterocycles. The lowest BCUT2D eigenvalue weighted by Gasteiger charge is -2.09. The summed E-state index contributed by atoms with van der Waals surface area (Å²) in [6.07, 6.45) is 0. The summed E-state index contributed by atoms with van der Waals surface area (Å²) in [5.41, 5.74) is 1.84. The summed E-state index contributed by atoms with van der Waals surface area (Å²) in [5, 5.41) is 13.8. The molecule has 0 amide bonds. The fourth-order valence-electron chi connectivity index (χ4n) is 1.35. The molecular formula is C12H11ClO2S. The van der Waals surface area contributed by atoms with Crippen molar-refractivity contribution in [2.75, 3.05) is 0 Å². The van der Waals surface area contributed by atoms with Gasteiger partial charge >= 0.3 is 0 Å². The van der Waals surface area contributed by atoms with E-state index in [-0.39, 0.29) is 6.61 Å². The molecule has 0 aliphatic rings. The fraction of sp³-hybridized carbons (Fsp3) is 0.167. The number of aliphatic hydroxyl groups excluding tert-OH is 1. The summed E-state index contributed by atoms with van der Waals surface area (Å²) in [7, 11) is 0. The van der Waals surface area contributed by atoms with Crippen molar-refractivity contribution in [2.24, 2.45) is 0 Å². The molecule has 0 spiro atoms. The second-order valence-corrected chi connectivity index (χ2v) is 4.55. The molecule has 1 heterocycles. The van der Waals surface area contributed by atoms with E-state index in [0.717, 1.165) is 5.56 Å². The predicted molar refractivity (Wildman–Crippen MR) is 66.0 cm³/mol. The van der Waals surface area contributed by atoms with Crippen LogP contribution < -0.4 is 4.74 Å². The minimum Gasteiger partial charge on any atom is -0.489 e. The third-order valence-electron chi connectivity index (χ3n) is 2.17. The molecule has 0 atom stereocenters. The number of benzene rings is 1. The maximum absolute atomic E-state index is 9.16. The maximum Gasteiger partial charge on any atom is 0.125 e. The molecule has 1 aromatic carbocycles. The number of rotatable bonds is 4. The van der Waals surface area contributed by atoms with Crippen LogP contribution in [-0.4, -0.2) is 5.11 Å². The van der Waals surface area contributed by atoms with Crippen molar-refractivity contribution >= 4 is 22.9 Å². The van der Waals surface area contributed by atoms with E-state index < -0.39 is 0 Å². The van der Waals surface area contributed by atoms with Crippen LogP contribution in [0.2, 0.25) is 5.02 Å². The van der Waals surface area contributed by atoms with Crippen molar-refractivity contribution in [1.29, 1.82) is 0 Å². The third-order valence-corrected chi connectivity index (χ3v) is 3.13. The Hall–Kier alpha value is -1.03. The van der Waals surface area contributed by atoms with Gasteiger partial charge in [-0.1, -0.05) is 11.6 Å². The molecule has 0 unspecified atom stereocenters. The number of hydrogen-bond donors (Lipinski definition) is 1. The van der Waals surface area contributed by atoms with Gasteiger partial charge in [-0.15, -0.1) is 0 Å². The highest BCUT2D eigenvalue weighted by Crippen LogP contribution is 2.24. The molecular weight excluding hydrogens is 244 g/mol. The predicted octanol–water partition coefficient (Wildman–Crippen LogP) is 3.47. The molecule has 84 valence electrons. The zero-order chi connectivity index (χ0) is 11.4. The van der Waals surface area contributed by atoms with Crippen molar-refractivity contribution in [1.82, 2.24) is 0 Å². The summed E-state index contributed by atoms with van der Waals surface area (Å²) in [6, 6.07) is 7.26. The van der Waals surface area contributed by atoms with E-state index in [4.69, 9.17) is 21.4 Å². The van der Waals surface area contributed by atoms with Crippen molar-refractivity contribution in [3.8, 4) is 5.75 Å². The molecule has 1 aromatic heterocycles. The number of ether oxygens (including phenoxy) is 1. The van der Waals surface area contributed by atoms with Gasteiger partial charge in [-0.05, 0) is 40.6 Å². The van der Waals surface area contributed by atoms with Gasteiger partial charge in [0.1, 0.15) is 12.4 Å². The Labute approximate surface area is 103 Å². The molecule has 16 heavy (non-hydrogen) atoms. The van der Waals surface area contributed by atoms with Gasteiger partial charge in [0, 0.05) is 10.6 Å². The zero-order valence-corrected chi connectivity index (χ0v) is 10.1. The third kappa shape index (κ3) is 2.76. The van der Waals surface area contributed by atoms with Crippen molar-refractivity contribution < 1.29 is 9.84 Å². The first-order valence-electron chi connectivity index (χ1n) is 4.83. The first-order valence-corrected chi connectivity index (χ1v) is 6.15. The Kier molecular flexibility index (Phi) is 3.83. The van der Waals surface area contributed by atoms with E-state index in [9.17, 15) is 0 Å². The standard InChI is InChI=1S/C12H11ClO2S/c13-11-1-2-12(10(5-11)6-14)15-7-9-3-4-16-8-9/h1-5,8,14H,6-7H2. The van der Waals surface area contributed by atoms with Gasteiger partial charge in [-0.3, -0.25) is 0 Å². The lowest BCUT2D eigenvalue weighted by molar-refractivity contribution is 0.259. The minimum absolute atomic E-state index is 0.0699. The summed E-state index contributed by atoms with van der Waals surface area (Å²) in [4.78, 5) is 0. The number of aliphatic hydroxyl groups is 1. The van der Waals surface area contributed by atoms with Crippen LogP contribution in [0.1, 0.15) is 11.1 Å². The highest BCUT2D eigenvalue weighted by atomic mass is 35.5. The lowest BCUT2D eigenvalue weighted by atomic mass is 10.2. The second-order valence-electron chi connectivity index (χ2n) is 3.33. The Morgan fingerprint density at radius 1 is 1.31 bits per heavy atom. The molecule has 0 saturated carbocycles. The van der Waals surface area contributed by atoms with E-state index in [1.54, 1.807) is 29.5 Å². The SMILES string of the molecule is OCc1cc(Cl)ccc1OCc1ccsc1. The van der Waals surface area contributed by atoms with Crippen LogP contribution in [0.4, 0.5) is 0 Å². The van der Waals surface area contributed by atoms with Crippen LogP contribution in [-0.2, 0) is 13.2 Å². The normalized spacial score (nSPS) is 10.4. The molecule has 0 aliphatic carbocycles. The van der Waals surface area contributed by atoms with Gasteiger partial charge in [0.25, 0.3) is 0 Å². The van der Waals surface area contributed by atoms with E-state index in [1.165, 1.54) is 0 Å². The van der Waals surface area contributed by atoms with Crippen LogP contribution in [0, 0.1) is 0 Å². The van der Waals surface area contributed by atoms with Crippen LogP contribution in [0.3, 0.4) is 0 Å². The summed E-state index contributed by atoms with van der Waals surface area (Å²) < 4.78 is 5.62.